The molecule has 0 spiro atoms. The van der Waals surface area contributed by atoms with Crippen LogP contribution in [0.15, 0.2) is 46.9 Å². The largest absolute Gasteiger partial charge is 0.323 e. The number of nitrogens with one attached hydrogen (secondary N) is 1. The van der Waals surface area contributed by atoms with E-state index in [1.54, 1.807) is 43.3 Å². The second kappa shape index (κ2) is 7.76. The number of hydrogen-bond donors (Lipinski definition) is 1. The summed E-state index contributed by atoms with van der Waals surface area (Å²) in [7, 11) is -3.70. The molecule has 0 aliphatic rings. The van der Waals surface area contributed by atoms with E-state index in [1.807, 2.05) is 6.07 Å². The zero-order chi connectivity index (χ0) is 18.8. The Morgan fingerprint density at radius 1 is 1.24 bits per heavy atom. The molecule has 0 aliphatic carbocycles. The van der Waals surface area contributed by atoms with Crippen LogP contribution in [-0.2, 0) is 14.8 Å². The van der Waals surface area contributed by atoms with Crippen LogP contribution < -0.4 is 9.62 Å². The van der Waals surface area contributed by atoms with Gasteiger partial charge in [-0.25, -0.2) is 8.42 Å². The Labute approximate surface area is 161 Å². The van der Waals surface area contributed by atoms with Crippen LogP contribution >= 0.6 is 27.5 Å². The van der Waals surface area contributed by atoms with Crippen LogP contribution in [0, 0.1) is 6.92 Å². The molecule has 2 aromatic carbocycles. The molecule has 5 nitrogen and oxygen atoms in total. The molecule has 0 aliphatic heterocycles. The van der Waals surface area contributed by atoms with Gasteiger partial charge in [0, 0.05) is 9.50 Å². The Morgan fingerprint density at radius 2 is 1.88 bits per heavy atom. The number of para-hydroxylation sites is 1. The Balaban J connectivity index is 2.40. The fourth-order valence-corrected chi connectivity index (χ4v) is 4.18. The quantitative estimate of drug-likeness (QED) is 0.750. The van der Waals surface area contributed by atoms with E-state index in [2.05, 4.69) is 21.2 Å². The van der Waals surface area contributed by atoms with Crippen molar-refractivity contribution in [1.29, 1.82) is 0 Å². The predicted octanol–water partition coefficient (Wildman–Crippen LogP) is 4.20. The van der Waals surface area contributed by atoms with Gasteiger partial charge in [0.15, 0.2) is 0 Å². The summed E-state index contributed by atoms with van der Waals surface area (Å²) in [6.07, 6.45) is 1.07. The van der Waals surface area contributed by atoms with Gasteiger partial charge in [-0.3, -0.25) is 9.10 Å². The molecular weight excluding hydrogens is 428 g/mol. The topological polar surface area (TPSA) is 66.5 Å². The van der Waals surface area contributed by atoms with Gasteiger partial charge in [0.25, 0.3) is 0 Å². The summed E-state index contributed by atoms with van der Waals surface area (Å²) in [5.74, 6) is -0.447. The van der Waals surface area contributed by atoms with Gasteiger partial charge in [0.1, 0.15) is 6.04 Å². The lowest BCUT2D eigenvalue weighted by Gasteiger charge is -2.29. The van der Waals surface area contributed by atoms with Crippen molar-refractivity contribution in [3.63, 3.8) is 0 Å². The number of benzene rings is 2. The Bertz CT molecular complexity index is 903. The third kappa shape index (κ3) is 4.74. The molecule has 0 radical (unpaired) electrons. The highest BCUT2D eigenvalue weighted by molar-refractivity contribution is 9.10. The maximum Gasteiger partial charge on any atom is 0.248 e. The van der Waals surface area contributed by atoms with Crippen LogP contribution in [0.5, 0.6) is 0 Å². The van der Waals surface area contributed by atoms with Crippen molar-refractivity contribution in [2.45, 2.75) is 19.9 Å². The fourth-order valence-electron chi connectivity index (χ4n) is 2.40. The van der Waals surface area contributed by atoms with E-state index in [9.17, 15) is 13.2 Å². The number of rotatable bonds is 5. The number of sulfonamides is 1. The van der Waals surface area contributed by atoms with E-state index in [1.165, 1.54) is 6.92 Å². The minimum Gasteiger partial charge on any atom is -0.323 e. The molecule has 8 heteroatoms. The Morgan fingerprint density at radius 3 is 2.48 bits per heavy atom. The average Bonchev–Trinajstić information content (AvgIpc) is 2.51. The smallest absolute Gasteiger partial charge is 0.248 e. The summed E-state index contributed by atoms with van der Waals surface area (Å²) in [4.78, 5) is 12.7. The van der Waals surface area contributed by atoms with Crippen molar-refractivity contribution in [1.82, 2.24) is 0 Å². The van der Waals surface area contributed by atoms with Gasteiger partial charge in [0.05, 0.1) is 17.6 Å². The number of aryl methyl sites for hydroxylation is 1. The van der Waals surface area contributed by atoms with E-state index < -0.39 is 22.0 Å². The lowest BCUT2D eigenvalue weighted by molar-refractivity contribution is -0.116. The third-order valence-electron chi connectivity index (χ3n) is 3.63. The maximum absolute atomic E-state index is 12.7. The highest BCUT2D eigenvalue weighted by Gasteiger charge is 2.30. The van der Waals surface area contributed by atoms with Crippen molar-refractivity contribution in [2.24, 2.45) is 0 Å². The first-order valence-corrected chi connectivity index (χ1v) is 10.4. The molecule has 0 saturated carbocycles. The summed E-state index contributed by atoms with van der Waals surface area (Å²) in [6, 6.07) is 11.1. The highest BCUT2D eigenvalue weighted by atomic mass is 79.9. The van der Waals surface area contributed by atoms with Crippen molar-refractivity contribution in [2.75, 3.05) is 15.9 Å². The molecule has 0 unspecified atom stereocenters. The average molecular weight is 446 g/mol. The van der Waals surface area contributed by atoms with E-state index in [0.29, 0.717) is 26.4 Å². The van der Waals surface area contributed by atoms with Crippen LogP contribution in [0.2, 0.25) is 5.02 Å². The van der Waals surface area contributed by atoms with Crippen molar-refractivity contribution in [3.8, 4) is 0 Å². The molecule has 134 valence electrons. The molecule has 0 saturated heterocycles. The molecule has 1 amide bonds. The number of amides is 1. The van der Waals surface area contributed by atoms with Gasteiger partial charge >= 0.3 is 0 Å². The number of anilines is 2. The maximum atomic E-state index is 12.7. The van der Waals surface area contributed by atoms with E-state index in [4.69, 9.17) is 11.6 Å². The lowest BCUT2D eigenvalue weighted by atomic mass is 10.1. The van der Waals surface area contributed by atoms with Crippen molar-refractivity contribution >= 4 is 54.8 Å². The number of carbonyl (C=O) groups is 1. The summed E-state index contributed by atoms with van der Waals surface area (Å²) < 4.78 is 26.5. The number of hydrogen-bond acceptors (Lipinski definition) is 3. The van der Waals surface area contributed by atoms with Crippen molar-refractivity contribution < 1.29 is 13.2 Å². The van der Waals surface area contributed by atoms with Gasteiger partial charge in [-0.2, -0.15) is 0 Å². The standard InChI is InChI=1S/C17H18BrClN2O3S/c1-11-8-9-13(19)10-16(11)21(25(3,23)24)12(2)17(22)20-15-7-5-4-6-14(15)18/h4-10,12H,1-3H3,(H,20,22)/t12-/m1/s1. The summed E-state index contributed by atoms with van der Waals surface area (Å²) >= 11 is 9.37. The number of halogens is 2. The monoisotopic (exact) mass is 444 g/mol. The summed E-state index contributed by atoms with van der Waals surface area (Å²) in [5, 5.41) is 3.14. The second-order valence-corrected chi connectivity index (χ2v) is 8.78. The molecule has 1 N–H and O–H groups in total. The fraction of sp³-hybridized carbons (Fsp3) is 0.235. The van der Waals surface area contributed by atoms with Crippen LogP contribution in [0.3, 0.4) is 0 Å². The van der Waals surface area contributed by atoms with Gasteiger partial charge < -0.3 is 5.32 Å². The van der Waals surface area contributed by atoms with Crippen LogP contribution in [-0.4, -0.2) is 26.6 Å². The normalized spacial score (nSPS) is 12.5. The first kappa shape index (κ1) is 19.8. The molecule has 2 aromatic rings. The van der Waals surface area contributed by atoms with Crippen LogP contribution in [0.4, 0.5) is 11.4 Å². The van der Waals surface area contributed by atoms with Gasteiger partial charge in [-0.1, -0.05) is 29.8 Å². The SMILES string of the molecule is Cc1ccc(Cl)cc1N([C@H](C)C(=O)Nc1ccccc1Br)S(C)(=O)=O. The number of carbonyl (C=O) groups excluding carboxylic acids is 1. The minimum atomic E-state index is -3.70. The summed E-state index contributed by atoms with van der Waals surface area (Å²) in [6.45, 7) is 3.30. The summed E-state index contributed by atoms with van der Waals surface area (Å²) in [5.41, 5.74) is 1.65. The van der Waals surface area contributed by atoms with Gasteiger partial charge in [0.2, 0.25) is 15.9 Å². The molecule has 0 aromatic heterocycles. The molecule has 1 atom stereocenters. The van der Waals surface area contributed by atoms with Crippen LogP contribution in [0.25, 0.3) is 0 Å². The zero-order valence-electron chi connectivity index (χ0n) is 14.0. The van der Waals surface area contributed by atoms with Crippen LogP contribution in [0.1, 0.15) is 12.5 Å². The molecule has 25 heavy (non-hydrogen) atoms. The lowest BCUT2D eigenvalue weighted by Crippen LogP contribution is -2.45. The molecule has 0 bridgehead atoms. The van der Waals surface area contributed by atoms with Gasteiger partial charge in [-0.05, 0) is 59.6 Å². The predicted molar refractivity (Wildman–Crippen MR) is 106 cm³/mol. The third-order valence-corrected chi connectivity index (χ3v) is 5.78. The van der Waals surface area contributed by atoms with E-state index in [-0.39, 0.29) is 0 Å². The van der Waals surface area contributed by atoms with E-state index in [0.717, 1.165) is 10.6 Å². The first-order chi connectivity index (χ1) is 11.6. The second-order valence-electron chi connectivity index (χ2n) is 5.63. The molecule has 2 rings (SSSR count). The van der Waals surface area contributed by atoms with Gasteiger partial charge in [-0.15, -0.1) is 0 Å². The Kier molecular flexibility index (Phi) is 6.13. The molecule has 0 fully saturated rings. The first-order valence-electron chi connectivity index (χ1n) is 7.42. The Hall–Kier alpha value is -1.57. The van der Waals surface area contributed by atoms with Crippen molar-refractivity contribution in [3.05, 3.63) is 57.5 Å². The molecular formula is C17H18BrClN2O3S. The minimum absolute atomic E-state index is 0.379. The van der Waals surface area contributed by atoms with E-state index >= 15 is 0 Å². The highest BCUT2D eigenvalue weighted by Crippen LogP contribution is 2.29. The number of nitrogens with zero attached hydrogens (tertiary/aromatic N) is 1. The zero-order valence-corrected chi connectivity index (χ0v) is 17.1. The molecule has 0 heterocycles.